The van der Waals surface area contributed by atoms with Crippen molar-refractivity contribution >= 4 is 23.4 Å². The lowest BCUT2D eigenvalue weighted by atomic mass is 10.1. The molecule has 9 heteroatoms. The molecule has 3 rings (SSSR count). The van der Waals surface area contributed by atoms with E-state index in [9.17, 15) is 14.4 Å². The molecule has 0 atom stereocenters. The van der Waals surface area contributed by atoms with Crippen molar-refractivity contribution in [2.75, 3.05) is 6.61 Å². The molecule has 0 aliphatic carbocycles. The molecule has 2 amide bonds. The normalized spacial score (nSPS) is 10.6. The van der Waals surface area contributed by atoms with Crippen LogP contribution in [0.25, 0.3) is 16.9 Å². The number of nitrogens with one attached hydrogen (secondary N) is 1. The predicted molar refractivity (Wildman–Crippen MR) is 108 cm³/mol. The van der Waals surface area contributed by atoms with Crippen molar-refractivity contribution in [3.8, 4) is 16.9 Å². The molecule has 0 bridgehead atoms. The van der Waals surface area contributed by atoms with E-state index in [1.807, 2.05) is 48.8 Å². The first-order valence-corrected chi connectivity index (χ1v) is 8.91. The largest absolute Gasteiger partial charge is 0.368 e. The molecule has 29 heavy (non-hydrogen) atoms. The molecule has 1 aromatic heterocycles. The van der Waals surface area contributed by atoms with Crippen molar-refractivity contribution in [2.24, 2.45) is 5.73 Å². The number of primary amides is 1. The van der Waals surface area contributed by atoms with Gasteiger partial charge in [-0.05, 0) is 24.6 Å². The second-order valence-electron chi connectivity index (χ2n) is 6.16. The van der Waals surface area contributed by atoms with Gasteiger partial charge in [0.05, 0.1) is 16.4 Å². The summed E-state index contributed by atoms with van der Waals surface area (Å²) >= 11 is 6.40. The average Bonchev–Trinajstić information content (AvgIpc) is 2.68. The molecular weight excluding hydrogens is 396 g/mol. The Bertz CT molecular complexity index is 1130. The minimum atomic E-state index is -0.909. The van der Waals surface area contributed by atoms with Gasteiger partial charge in [-0.1, -0.05) is 48.0 Å². The first kappa shape index (κ1) is 20.2. The number of hydroxylamine groups is 1. The Balaban J connectivity index is 2.13. The van der Waals surface area contributed by atoms with E-state index in [-0.39, 0.29) is 0 Å². The number of benzene rings is 2. The van der Waals surface area contributed by atoms with Crippen LogP contribution in [0, 0.1) is 6.92 Å². The molecule has 2 aromatic carbocycles. The molecule has 148 valence electrons. The third-order valence-corrected chi connectivity index (χ3v) is 4.23. The highest BCUT2D eigenvalue weighted by molar-refractivity contribution is 6.32. The lowest BCUT2D eigenvalue weighted by molar-refractivity contribution is -0.124. The SMILES string of the molecule is Cc1ccc(-n2nc(C(=O)NOCC(N)=O)c(=O)cc2-c2ccccc2)c(Cl)c1. The topological polar surface area (TPSA) is 116 Å². The van der Waals surface area contributed by atoms with Crippen LogP contribution in [0.5, 0.6) is 0 Å². The third-order valence-electron chi connectivity index (χ3n) is 3.92. The van der Waals surface area contributed by atoms with Crippen LogP contribution in [-0.4, -0.2) is 28.2 Å². The average molecular weight is 413 g/mol. The quantitative estimate of drug-likeness (QED) is 0.601. The zero-order valence-corrected chi connectivity index (χ0v) is 16.1. The van der Waals surface area contributed by atoms with Gasteiger partial charge in [-0.2, -0.15) is 5.10 Å². The number of nitrogens with zero attached hydrogens (tertiary/aromatic N) is 2. The highest BCUT2D eigenvalue weighted by atomic mass is 35.5. The van der Waals surface area contributed by atoms with Crippen molar-refractivity contribution < 1.29 is 14.4 Å². The molecule has 1 heterocycles. The number of hydrogen-bond donors (Lipinski definition) is 2. The Kier molecular flexibility index (Phi) is 6.06. The van der Waals surface area contributed by atoms with Crippen LogP contribution in [0.1, 0.15) is 16.1 Å². The molecule has 0 spiro atoms. The van der Waals surface area contributed by atoms with E-state index < -0.39 is 29.5 Å². The number of hydrogen-bond acceptors (Lipinski definition) is 5. The fourth-order valence-corrected chi connectivity index (χ4v) is 2.93. The Hall–Kier alpha value is -3.49. The van der Waals surface area contributed by atoms with Crippen LogP contribution in [-0.2, 0) is 9.63 Å². The Morgan fingerprint density at radius 1 is 1.17 bits per heavy atom. The lowest BCUT2D eigenvalue weighted by Gasteiger charge is -2.15. The smallest absolute Gasteiger partial charge is 0.299 e. The van der Waals surface area contributed by atoms with E-state index in [0.29, 0.717) is 22.0 Å². The van der Waals surface area contributed by atoms with Crippen LogP contribution in [0.2, 0.25) is 5.02 Å². The van der Waals surface area contributed by atoms with E-state index in [1.165, 1.54) is 10.7 Å². The number of aromatic nitrogens is 2. The highest BCUT2D eigenvalue weighted by Crippen LogP contribution is 2.26. The summed E-state index contributed by atoms with van der Waals surface area (Å²) in [7, 11) is 0. The zero-order chi connectivity index (χ0) is 21.0. The van der Waals surface area contributed by atoms with Crippen molar-refractivity contribution in [1.82, 2.24) is 15.3 Å². The summed E-state index contributed by atoms with van der Waals surface area (Å²) in [6, 6.07) is 15.7. The second kappa shape index (κ2) is 8.68. The van der Waals surface area contributed by atoms with E-state index >= 15 is 0 Å². The molecule has 8 nitrogen and oxygen atoms in total. The summed E-state index contributed by atoms with van der Waals surface area (Å²) in [5.74, 6) is -1.69. The molecule has 0 saturated carbocycles. The van der Waals surface area contributed by atoms with Gasteiger partial charge >= 0.3 is 0 Å². The number of rotatable bonds is 6. The van der Waals surface area contributed by atoms with Crippen LogP contribution < -0.4 is 16.6 Å². The first-order chi connectivity index (χ1) is 13.9. The molecule has 0 unspecified atom stereocenters. The highest BCUT2D eigenvalue weighted by Gasteiger charge is 2.19. The number of carbonyl (C=O) groups is 2. The fraction of sp³-hybridized carbons (Fsp3) is 0.100. The van der Waals surface area contributed by atoms with E-state index in [4.69, 9.17) is 17.3 Å². The monoisotopic (exact) mass is 412 g/mol. The molecule has 0 aliphatic heterocycles. The van der Waals surface area contributed by atoms with E-state index in [1.54, 1.807) is 12.1 Å². The number of carbonyl (C=O) groups excluding carboxylic acids is 2. The molecule has 0 aliphatic rings. The van der Waals surface area contributed by atoms with Gasteiger partial charge in [-0.15, -0.1) is 0 Å². The maximum atomic E-state index is 12.6. The van der Waals surface area contributed by atoms with Gasteiger partial charge in [0, 0.05) is 11.6 Å². The zero-order valence-electron chi connectivity index (χ0n) is 15.4. The first-order valence-electron chi connectivity index (χ1n) is 8.53. The van der Waals surface area contributed by atoms with Gasteiger partial charge in [0.2, 0.25) is 11.3 Å². The van der Waals surface area contributed by atoms with Crippen LogP contribution in [0.15, 0.2) is 59.4 Å². The van der Waals surface area contributed by atoms with Crippen molar-refractivity contribution in [3.63, 3.8) is 0 Å². The Morgan fingerprint density at radius 2 is 1.90 bits per heavy atom. The maximum absolute atomic E-state index is 12.6. The van der Waals surface area contributed by atoms with Crippen molar-refractivity contribution in [2.45, 2.75) is 6.92 Å². The summed E-state index contributed by atoms with van der Waals surface area (Å²) < 4.78 is 1.42. The van der Waals surface area contributed by atoms with Gasteiger partial charge in [-0.25, -0.2) is 10.2 Å². The standard InChI is InChI=1S/C20H17ClN4O4/c1-12-7-8-15(14(21)9-12)25-16(13-5-3-2-4-6-13)10-17(26)19(23-25)20(28)24-29-11-18(22)27/h2-10H,11H2,1H3,(H2,22,27)(H,24,28). The third kappa shape index (κ3) is 4.68. The number of halogens is 1. The summed E-state index contributed by atoms with van der Waals surface area (Å²) in [5.41, 5.74) is 8.49. The van der Waals surface area contributed by atoms with E-state index in [2.05, 4.69) is 9.94 Å². The molecular formula is C20H17ClN4O4. The lowest BCUT2D eigenvalue weighted by Crippen LogP contribution is -2.34. The van der Waals surface area contributed by atoms with Gasteiger partial charge in [0.15, 0.2) is 12.3 Å². The molecule has 0 fully saturated rings. The van der Waals surface area contributed by atoms with Gasteiger partial charge in [0.25, 0.3) is 5.91 Å². The van der Waals surface area contributed by atoms with Gasteiger partial charge < -0.3 is 5.73 Å². The van der Waals surface area contributed by atoms with Crippen LogP contribution >= 0.6 is 11.6 Å². The summed E-state index contributed by atoms with van der Waals surface area (Å²) in [6.07, 6.45) is 0. The van der Waals surface area contributed by atoms with Gasteiger partial charge in [-0.3, -0.25) is 19.2 Å². The van der Waals surface area contributed by atoms with Crippen LogP contribution in [0.3, 0.4) is 0 Å². The summed E-state index contributed by atoms with van der Waals surface area (Å²) in [6.45, 7) is 1.35. The van der Waals surface area contributed by atoms with Crippen molar-refractivity contribution in [1.29, 1.82) is 0 Å². The summed E-state index contributed by atoms with van der Waals surface area (Å²) in [4.78, 5) is 40.3. The van der Waals surface area contributed by atoms with Crippen molar-refractivity contribution in [3.05, 3.63) is 81.1 Å². The second-order valence-corrected chi connectivity index (χ2v) is 6.57. The summed E-state index contributed by atoms with van der Waals surface area (Å²) in [5, 5.41) is 4.62. The van der Waals surface area contributed by atoms with Gasteiger partial charge in [0.1, 0.15) is 0 Å². The number of nitrogens with two attached hydrogens (primary N) is 1. The Labute approximate surface area is 170 Å². The van der Waals surface area contributed by atoms with E-state index in [0.717, 1.165) is 5.56 Å². The molecule has 0 saturated heterocycles. The van der Waals surface area contributed by atoms with Crippen LogP contribution in [0.4, 0.5) is 0 Å². The Morgan fingerprint density at radius 3 is 2.55 bits per heavy atom. The minimum Gasteiger partial charge on any atom is -0.368 e. The molecule has 3 N–H and O–H groups in total. The number of amides is 2. The predicted octanol–water partition coefficient (Wildman–Crippen LogP) is 2.01. The molecule has 3 aromatic rings. The molecule has 0 radical (unpaired) electrons. The fourth-order valence-electron chi connectivity index (χ4n) is 2.62. The number of aryl methyl sites for hydroxylation is 1. The maximum Gasteiger partial charge on any atom is 0.299 e. The minimum absolute atomic E-state index is 0.398.